The smallest absolute Gasteiger partial charge is 0.416 e. The van der Waals surface area contributed by atoms with Crippen molar-refractivity contribution in [1.29, 1.82) is 0 Å². The van der Waals surface area contributed by atoms with Gasteiger partial charge < -0.3 is 4.74 Å². The van der Waals surface area contributed by atoms with Crippen LogP contribution in [0.2, 0.25) is 0 Å². The number of rotatable bonds is 2. The number of ether oxygens (including phenoxy) is 1. The van der Waals surface area contributed by atoms with Crippen molar-refractivity contribution >= 4 is 5.97 Å². The minimum atomic E-state index is -4.47. The molecule has 0 aliphatic carbocycles. The molecule has 0 bridgehead atoms. The quantitative estimate of drug-likeness (QED) is 0.566. The number of cyclic esters (lactones) is 1. The average molecular weight is 332 g/mol. The van der Waals surface area contributed by atoms with Gasteiger partial charge in [0.05, 0.1) is 11.1 Å². The van der Waals surface area contributed by atoms with E-state index in [1.165, 1.54) is 6.07 Å². The van der Waals surface area contributed by atoms with E-state index >= 15 is 0 Å². The minimum absolute atomic E-state index is 0.275. The molecule has 0 saturated carbocycles. The third-order valence-corrected chi connectivity index (χ3v) is 3.91. The number of hydrogen-bond donors (Lipinski definition) is 0. The standard InChI is InChI=1S/C19H15F3O2/c1-12(2)11-18(13-6-5-7-14(10-13)19(20,21)22)16-9-4-3-8-15(16)17(23)24-18/h3-11H,1-2H3. The lowest BCUT2D eigenvalue weighted by Crippen LogP contribution is -2.26. The Kier molecular flexibility index (Phi) is 3.74. The predicted molar refractivity (Wildman–Crippen MR) is 83.5 cm³/mol. The Morgan fingerprint density at radius 2 is 1.79 bits per heavy atom. The van der Waals surface area contributed by atoms with Crippen molar-refractivity contribution in [3.8, 4) is 0 Å². The highest BCUT2D eigenvalue weighted by atomic mass is 19.4. The highest BCUT2D eigenvalue weighted by Gasteiger charge is 2.46. The maximum Gasteiger partial charge on any atom is 0.416 e. The molecule has 1 heterocycles. The Balaban J connectivity index is 2.28. The topological polar surface area (TPSA) is 26.3 Å². The van der Waals surface area contributed by atoms with Gasteiger partial charge in [-0.3, -0.25) is 0 Å². The van der Waals surface area contributed by atoms with E-state index in [9.17, 15) is 18.0 Å². The summed E-state index contributed by atoms with van der Waals surface area (Å²) in [5, 5.41) is 0. The summed E-state index contributed by atoms with van der Waals surface area (Å²) >= 11 is 0. The number of esters is 1. The molecule has 0 spiro atoms. The molecule has 124 valence electrons. The molecule has 3 rings (SSSR count). The van der Waals surface area contributed by atoms with Crippen LogP contribution in [-0.2, 0) is 16.5 Å². The van der Waals surface area contributed by atoms with Crippen LogP contribution < -0.4 is 0 Å². The SMILES string of the molecule is CC(C)=CC1(c2cccc(C(F)(F)F)c2)OC(=O)c2ccccc21. The molecule has 2 aromatic carbocycles. The van der Waals surface area contributed by atoms with E-state index in [1.54, 1.807) is 36.4 Å². The van der Waals surface area contributed by atoms with Gasteiger partial charge in [0.1, 0.15) is 0 Å². The number of benzene rings is 2. The van der Waals surface area contributed by atoms with E-state index in [0.29, 0.717) is 11.1 Å². The summed E-state index contributed by atoms with van der Waals surface area (Å²) < 4.78 is 44.9. The summed E-state index contributed by atoms with van der Waals surface area (Å²) in [6, 6.07) is 11.7. The molecule has 24 heavy (non-hydrogen) atoms. The maximum absolute atomic E-state index is 13.1. The number of carbonyl (C=O) groups excluding carboxylic acids is 1. The second-order valence-electron chi connectivity index (χ2n) is 5.97. The third kappa shape index (κ3) is 2.60. The van der Waals surface area contributed by atoms with Crippen LogP contribution in [0.1, 0.15) is 40.9 Å². The lowest BCUT2D eigenvalue weighted by atomic mass is 9.83. The van der Waals surface area contributed by atoms with Gasteiger partial charge in [-0.05, 0) is 38.1 Å². The third-order valence-electron chi connectivity index (χ3n) is 3.91. The molecule has 0 saturated heterocycles. The van der Waals surface area contributed by atoms with Gasteiger partial charge in [0.15, 0.2) is 5.60 Å². The summed E-state index contributed by atoms with van der Waals surface area (Å²) in [5.41, 5.74) is -0.0908. The number of hydrogen-bond acceptors (Lipinski definition) is 2. The fourth-order valence-corrected chi connectivity index (χ4v) is 2.98. The first kappa shape index (κ1) is 16.3. The fourth-order valence-electron chi connectivity index (χ4n) is 2.98. The molecule has 0 aromatic heterocycles. The second-order valence-corrected chi connectivity index (χ2v) is 5.97. The Hall–Kier alpha value is -2.56. The summed E-state index contributed by atoms with van der Waals surface area (Å²) in [6.45, 7) is 3.62. The van der Waals surface area contributed by atoms with Gasteiger partial charge in [-0.2, -0.15) is 13.2 Å². The minimum Gasteiger partial charge on any atom is -0.441 e. The Morgan fingerprint density at radius 3 is 2.46 bits per heavy atom. The molecule has 1 unspecified atom stereocenters. The Bertz CT molecular complexity index is 833. The highest BCUT2D eigenvalue weighted by Crippen LogP contribution is 2.45. The zero-order valence-electron chi connectivity index (χ0n) is 13.1. The van der Waals surface area contributed by atoms with Crippen LogP contribution in [0.15, 0.2) is 60.2 Å². The molecule has 0 fully saturated rings. The van der Waals surface area contributed by atoms with E-state index in [0.717, 1.165) is 17.7 Å². The van der Waals surface area contributed by atoms with Crippen LogP contribution in [0.3, 0.4) is 0 Å². The van der Waals surface area contributed by atoms with Crippen molar-refractivity contribution < 1.29 is 22.7 Å². The molecular weight excluding hydrogens is 317 g/mol. The molecule has 0 N–H and O–H groups in total. The summed E-state index contributed by atoms with van der Waals surface area (Å²) in [6.07, 6.45) is -2.78. The number of allylic oxidation sites excluding steroid dienone is 1. The van der Waals surface area contributed by atoms with Gasteiger partial charge in [-0.1, -0.05) is 35.9 Å². The Morgan fingerprint density at radius 1 is 1.08 bits per heavy atom. The van der Waals surface area contributed by atoms with Crippen molar-refractivity contribution in [2.45, 2.75) is 25.6 Å². The zero-order chi connectivity index (χ0) is 17.5. The molecule has 2 aromatic rings. The lowest BCUT2D eigenvalue weighted by Gasteiger charge is -2.27. The average Bonchev–Trinajstić information content (AvgIpc) is 2.80. The van der Waals surface area contributed by atoms with Crippen LogP contribution in [0.5, 0.6) is 0 Å². The van der Waals surface area contributed by atoms with Crippen molar-refractivity contribution in [2.24, 2.45) is 0 Å². The first-order valence-electron chi connectivity index (χ1n) is 7.41. The van der Waals surface area contributed by atoms with Gasteiger partial charge in [-0.25, -0.2) is 4.79 Å². The highest BCUT2D eigenvalue weighted by molar-refractivity contribution is 5.96. The summed E-state index contributed by atoms with van der Waals surface area (Å²) in [5.74, 6) is -0.541. The molecule has 0 amide bonds. The van der Waals surface area contributed by atoms with Crippen molar-refractivity contribution in [3.63, 3.8) is 0 Å². The second kappa shape index (κ2) is 5.51. The van der Waals surface area contributed by atoms with Crippen LogP contribution in [-0.4, -0.2) is 5.97 Å². The largest absolute Gasteiger partial charge is 0.441 e. The van der Waals surface area contributed by atoms with Gasteiger partial charge >= 0.3 is 12.1 Å². The van der Waals surface area contributed by atoms with Crippen LogP contribution >= 0.6 is 0 Å². The zero-order valence-corrected chi connectivity index (χ0v) is 13.1. The fraction of sp³-hybridized carbons (Fsp3) is 0.211. The van der Waals surface area contributed by atoms with E-state index in [-0.39, 0.29) is 5.56 Å². The van der Waals surface area contributed by atoms with Gasteiger partial charge in [-0.15, -0.1) is 0 Å². The van der Waals surface area contributed by atoms with Gasteiger partial charge in [0.25, 0.3) is 0 Å². The molecule has 2 nitrogen and oxygen atoms in total. The van der Waals surface area contributed by atoms with E-state index in [4.69, 9.17) is 4.74 Å². The molecule has 5 heteroatoms. The summed E-state index contributed by atoms with van der Waals surface area (Å²) in [7, 11) is 0. The normalized spacial score (nSPS) is 19.6. The maximum atomic E-state index is 13.1. The van der Waals surface area contributed by atoms with E-state index < -0.39 is 23.3 Å². The Labute approximate surface area is 137 Å². The molecule has 1 aliphatic heterocycles. The molecule has 0 radical (unpaired) electrons. The summed E-state index contributed by atoms with van der Waals surface area (Å²) in [4.78, 5) is 12.2. The van der Waals surface area contributed by atoms with Crippen molar-refractivity contribution in [2.75, 3.05) is 0 Å². The molecule has 1 atom stereocenters. The predicted octanol–water partition coefficient (Wildman–Crippen LogP) is 5.09. The van der Waals surface area contributed by atoms with Gasteiger partial charge in [0.2, 0.25) is 0 Å². The molecule has 1 aliphatic rings. The van der Waals surface area contributed by atoms with Crippen LogP contribution in [0.25, 0.3) is 0 Å². The number of fused-ring (bicyclic) bond motifs is 1. The van der Waals surface area contributed by atoms with Crippen LogP contribution in [0, 0.1) is 0 Å². The van der Waals surface area contributed by atoms with E-state index in [2.05, 4.69) is 0 Å². The van der Waals surface area contributed by atoms with Crippen molar-refractivity contribution in [1.82, 2.24) is 0 Å². The van der Waals surface area contributed by atoms with Gasteiger partial charge in [0, 0.05) is 11.1 Å². The van der Waals surface area contributed by atoms with E-state index in [1.807, 2.05) is 13.8 Å². The number of halogens is 3. The van der Waals surface area contributed by atoms with Crippen molar-refractivity contribution in [3.05, 3.63) is 82.4 Å². The molecular formula is C19H15F3O2. The number of carbonyl (C=O) groups is 1. The van der Waals surface area contributed by atoms with Crippen LogP contribution in [0.4, 0.5) is 13.2 Å². The monoisotopic (exact) mass is 332 g/mol. The first-order chi connectivity index (χ1) is 11.2. The first-order valence-corrected chi connectivity index (χ1v) is 7.41. The number of alkyl halides is 3. The lowest BCUT2D eigenvalue weighted by molar-refractivity contribution is -0.137.